The lowest BCUT2D eigenvalue weighted by Crippen LogP contribution is -2.27. The van der Waals surface area contributed by atoms with Gasteiger partial charge in [0.25, 0.3) is 0 Å². The van der Waals surface area contributed by atoms with Crippen molar-refractivity contribution >= 4 is 40.9 Å². The van der Waals surface area contributed by atoms with Crippen molar-refractivity contribution in [3.05, 3.63) is 33.8 Å². The second-order valence-corrected chi connectivity index (χ2v) is 5.55. The SMILES string of the molecule is CC(=O)N1CCSC1c1cccc(Cl)c1Cl. The van der Waals surface area contributed by atoms with Crippen molar-refractivity contribution in [2.45, 2.75) is 12.3 Å². The Morgan fingerprint density at radius 1 is 1.50 bits per heavy atom. The molecule has 1 fully saturated rings. The smallest absolute Gasteiger partial charge is 0.220 e. The van der Waals surface area contributed by atoms with Crippen LogP contribution in [0.25, 0.3) is 0 Å². The molecule has 2 nitrogen and oxygen atoms in total. The van der Waals surface area contributed by atoms with Crippen molar-refractivity contribution in [3.63, 3.8) is 0 Å². The van der Waals surface area contributed by atoms with Crippen molar-refractivity contribution in [1.29, 1.82) is 0 Å². The fraction of sp³-hybridized carbons (Fsp3) is 0.364. The van der Waals surface area contributed by atoms with Gasteiger partial charge in [-0.1, -0.05) is 35.3 Å². The first-order valence-electron chi connectivity index (χ1n) is 4.94. The predicted molar refractivity (Wildman–Crippen MR) is 69.0 cm³/mol. The molecular formula is C11H11Cl2NOS. The Balaban J connectivity index is 2.36. The topological polar surface area (TPSA) is 20.3 Å². The molecule has 16 heavy (non-hydrogen) atoms. The zero-order valence-corrected chi connectivity index (χ0v) is 11.1. The Labute approximate surface area is 109 Å². The van der Waals surface area contributed by atoms with Crippen molar-refractivity contribution in [2.24, 2.45) is 0 Å². The third-order valence-corrected chi connectivity index (χ3v) is 4.62. The summed E-state index contributed by atoms with van der Waals surface area (Å²) in [5.74, 6) is 1.01. The molecule has 1 unspecified atom stereocenters. The van der Waals surface area contributed by atoms with Crippen LogP contribution in [0.1, 0.15) is 17.9 Å². The second-order valence-electron chi connectivity index (χ2n) is 3.58. The van der Waals surface area contributed by atoms with Gasteiger partial charge in [-0.05, 0) is 6.07 Å². The summed E-state index contributed by atoms with van der Waals surface area (Å²) in [5.41, 5.74) is 0.923. The molecule has 1 aromatic carbocycles. The molecular weight excluding hydrogens is 265 g/mol. The van der Waals surface area contributed by atoms with Crippen molar-refractivity contribution in [2.75, 3.05) is 12.3 Å². The van der Waals surface area contributed by atoms with Gasteiger partial charge in [0, 0.05) is 24.8 Å². The summed E-state index contributed by atoms with van der Waals surface area (Å²) in [5, 5.41) is 1.09. The third kappa shape index (κ3) is 2.17. The van der Waals surface area contributed by atoms with Crippen LogP contribution in [0.2, 0.25) is 10.0 Å². The highest BCUT2D eigenvalue weighted by Gasteiger charge is 2.30. The van der Waals surface area contributed by atoms with Gasteiger partial charge in [-0.3, -0.25) is 4.79 Å². The van der Waals surface area contributed by atoms with Gasteiger partial charge in [-0.15, -0.1) is 11.8 Å². The van der Waals surface area contributed by atoms with E-state index in [2.05, 4.69) is 0 Å². The number of hydrogen-bond donors (Lipinski definition) is 0. The van der Waals surface area contributed by atoms with E-state index in [9.17, 15) is 4.79 Å². The van der Waals surface area contributed by atoms with Gasteiger partial charge >= 0.3 is 0 Å². The highest BCUT2D eigenvalue weighted by atomic mass is 35.5. The maximum Gasteiger partial charge on any atom is 0.220 e. The van der Waals surface area contributed by atoms with Crippen LogP contribution in [0.15, 0.2) is 18.2 Å². The molecule has 0 radical (unpaired) electrons. The average molecular weight is 276 g/mol. The molecule has 86 valence electrons. The quantitative estimate of drug-likeness (QED) is 0.781. The number of thioether (sulfide) groups is 1. The summed E-state index contributed by atoms with van der Waals surface area (Å²) >= 11 is 13.9. The van der Waals surface area contributed by atoms with Crippen LogP contribution in [0.4, 0.5) is 0 Å². The molecule has 0 aliphatic carbocycles. The minimum atomic E-state index is 0.00343. The van der Waals surface area contributed by atoms with Crippen molar-refractivity contribution < 1.29 is 4.79 Å². The van der Waals surface area contributed by atoms with Crippen LogP contribution in [0, 0.1) is 0 Å². The summed E-state index contributed by atoms with van der Waals surface area (Å²) in [6.45, 7) is 2.35. The van der Waals surface area contributed by atoms with Crippen molar-refractivity contribution in [3.8, 4) is 0 Å². The molecule has 1 heterocycles. The molecule has 1 aliphatic rings. The van der Waals surface area contributed by atoms with Crippen molar-refractivity contribution in [1.82, 2.24) is 4.90 Å². The van der Waals surface area contributed by atoms with E-state index in [-0.39, 0.29) is 11.3 Å². The Morgan fingerprint density at radius 3 is 2.94 bits per heavy atom. The number of amides is 1. The monoisotopic (exact) mass is 275 g/mol. The highest BCUT2D eigenvalue weighted by molar-refractivity contribution is 7.99. The molecule has 0 saturated carbocycles. The highest BCUT2D eigenvalue weighted by Crippen LogP contribution is 2.42. The van der Waals surface area contributed by atoms with Crippen LogP contribution in [-0.4, -0.2) is 23.1 Å². The van der Waals surface area contributed by atoms with Crippen LogP contribution in [0.3, 0.4) is 0 Å². The maximum absolute atomic E-state index is 11.5. The van der Waals surface area contributed by atoms with Crippen LogP contribution in [0.5, 0.6) is 0 Å². The van der Waals surface area contributed by atoms with E-state index in [0.29, 0.717) is 10.0 Å². The predicted octanol–water partition coefficient (Wildman–Crippen LogP) is 3.59. The summed E-state index contributed by atoms with van der Waals surface area (Å²) < 4.78 is 0. The lowest BCUT2D eigenvalue weighted by Gasteiger charge is -2.23. The van der Waals surface area contributed by atoms with E-state index in [0.717, 1.165) is 17.9 Å². The van der Waals surface area contributed by atoms with Crippen LogP contribution < -0.4 is 0 Å². The van der Waals surface area contributed by atoms with Gasteiger partial charge in [0.1, 0.15) is 5.37 Å². The summed E-state index contributed by atoms with van der Waals surface area (Å²) in [4.78, 5) is 13.3. The molecule has 0 aromatic heterocycles. The Kier molecular flexibility index (Phi) is 3.67. The Morgan fingerprint density at radius 2 is 2.25 bits per heavy atom. The normalized spacial score (nSPS) is 20.2. The molecule has 5 heteroatoms. The third-order valence-electron chi connectivity index (χ3n) is 2.54. The number of nitrogens with zero attached hydrogens (tertiary/aromatic N) is 1. The zero-order chi connectivity index (χ0) is 11.7. The zero-order valence-electron chi connectivity index (χ0n) is 8.74. The van der Waals surface area contributed by atoms with Gasteiger partial charge in [0.2, 0.25) is 5.91 Å². The first kappa shape index (κ1) is 12.1. The fourth-order valence-corrected chi connectivity index (χ4v) is 3.57. The lowest BCUT2D eigenvalue weighted by molar-refractivity contribution is -0.128. The minimum absolute atomic E-state index is 0.00343. The van der Waals surface area contributed by atoms with E-state index in [1.54, 1.807) is 24.8 Å². The van der Waals surface area contributed by atoms with Crippen LogP contribution in [-0.2, 0) is 4.79 Å². The standard InChI is InChI=1S/C11H11Cl2NOS/c1-7(15)14-5-6-16-11(14)8-3-2-4-9(12)10(8)13/h2-4,11H,5-6H2,1H3. The number of carbonyl (C=O) groups excluding carboxylic acids is 1. The molecule has 1 atom stereocenters. The van der Waals surface area contributed by atoms with E-state index in [1.165, 1.54) is 0 Å². The van der Waals surface area contributed by atoms with E-state index in [4.69, 9.17) is 23.2 Å². The van der Waals surface area contributed by atoms with E-state index in [1.807, 2.05) is 17.0 Å². The van der Waals surface area contributed by atoms with Gasteiger partial charge in [0.15, 0.2) is 0 Å². The minimum Gasteiger partial charge on any atom is -0.326 e. The molecule has 1 saturated heterocycles. The Hall–Kier alpha value is -0.380. The number of rotatable bonds is 1. The molecule has 0 bridgehead atoms. The van der Waals surface area contributed by atoms with Gasteiger partial charge < -0.3 is 4.90 Å². The fourth-order valence-electron chi connectivity index (χ4n) is 1.76. The summed E-state index contributed by atoms with van der Waals surface area (Å²) in [6, 6.07) is 5.54. The van der Waals surface area contributed by atoms with E-state index >= 15 is 0 Å². The number of halogens is 2. The van der Waals surface area contributed by atoms with Crippen LogP contribution >= 0.6 is 35.0 Å². The maximum atomic E-state index is 11.5. The van der Waals surface area contributed by atoms with Gasteiger partial charge in [0.05, 0.1) is 10.0 Å². The first-order valence-corrected chi connectivity index (χ1v) is 6.74. The molecule has 1 aliphatic heterocycles. The number of benzene rings is 1. The van der Waals surface area contributed by atoms with Gasteiger partial charge in [-0.2, -0.15) is 0 Å². The Bertz CT molecular complexity index is 424. The summed E-state index contributed by atoms with van der Waals surface area (Å²) in [7, 11) is 0. The van der Waals surface area contributed by atoms with Gasteiger partial charge in [-0.25, -0.2) is 0 Å². The largest absolute Gasteiger partial charge is 0.326 e. The number of hydrogen-bond acceptors (Lipinski definition) is 2. The molecule has 1 amide bonds. The number of carbonyl (C=O) groups is 1. The first-order chi connectivity index (χ1) is 7.61. The van der Waals surface area contributed by atoms with E-state index < -0.39 is 0 Å². The molecule has 0 spiro atoms. The average Bonchev–Trinajstić information content (AvgIpc) is 2.70. The molecule has 0 N–H and O–H groups in total. The lowest BCUT2D eigenvalue weighted by atomic mass is 10.2. The summed E-state index contributed by atoms with van der Waals surface area (Å²) in [6.07, 6.45) is 0. The molecule has 1 aromatic rings. The second kappa shape index (κ2) is 4.86. The molecule has 2 rings (SSSR count).